The van der Waals surface area contributed by atoms with Gasteiger partial charge in [-0.2, -0.15) is 0 Å². The summed E-state index contributed by atoms with van der Waals surface area (Å²) >= 11 is 7.52. The first kappa shape index (κ1) is 18.7. The van der Waals surface area contributed by atoms with Crippen molar-refractivity contribution in [2.75, 3.05) is 16.2 Å². The van der Waals surface area contributed by atoms with E-state index in [4.69, 9.17) is 11.6 Å². The number of amides is 1. The fourth-order valence-electron chi connectivity index (χ4n) is 3.08. The van der Waals surface area contributed by atoms with Crippen LogP contribution in [0.5, 0.6) is 0 Å². The second-order valence-corrected chi connectivity index (χ2v) is 10.5. The lowest BCUT2D eigenvalue weighted by Crippen LogP contribution is -2.39. The number of hydrogen-bond acceptors (Lipinski definition) is 4. The van der Waals surface area contributed by atoms with Gasteiger partial charge in [0.1, 0.15) is 0 Å². The lowest BCUT2D eigenvalue weighted by Gasteiger charge is -2.33. The number of nitrogens with one attached hydrogen (secondary N) is 1. The average molecular weight is 423 g/mol. The van der Waals surface area contributed by atoms with E-state index < -0.39 is 10.0 Å². The summed E-state index contributed by atoms with van der Waals surface area (Å²) in [5, 5.41) is 0.807. The van der Waals surface area contributed by atoms with Gasteiger partial charge in [-0.15, -0.1) is 11.8 Å². The molecule has 1 aliphatic heterocycles. The zero-order chi connectivity index (χ0) is 19.2. The number of rotatable bonds is 4. The highest BCUT2D eigenvalue weighted by Gasteiger charge is 2.37. The van der Waals surface area contributed by atoms with Crippen LogP contribution in [-0.4, -0.2) is 26.1 Å². The fraction of sp³-hybridized carbons (Fsp3) is 0.316. The lowest BCUT2D eigenvalue weighted by atomic mass is 10.2. The molecule has 1 saturated carbocycles. The summed E-state index contributed by atoms with van der Waals surface area (Å²) < 4.78 is 28.2. The van der Waals surface area contributed by atoms with Gasteiger partial charge in [0.05, 0.1) is 10.6 Å². The number of thioether (sulfide) groups is 1. The van der Waals surface area contributed by atoms with Crippen molar-refractivity contribution < 1.29 is 13.2 Å². The van der Waals surface area contributed by atoms with Crippen LogP contribution in [0.15, 0.2) is 52.3 Å². The van der Waals surface area contributed by atoms with E-state index in [-0.39, 0.29) is 22.0 Å². The third-order valence-corrected chi connectivity index (χ3v) is 7.37. The molecule has 8 heteroatoms. The molecule has 4 rings (SSSR count). The maximum atomic E-state index is 12.8. The van der Waals surface area contributed by atoms with E-state index >= 15 is 0 Å². The van der Waals surface area contributed by atoms with Crippen molar-refractivity contribution >= 4 is 50.7 Å². The number of carbonyl (C=O) groups is 1. The molecule has 0 bridgehead atoms. The lowest BCUT2D eigenvalue weighted by molar-refractivity contribution is -0.119. The van der Waals surface area contributed by atoms with Gasteiger partial charge in [-0.05, 0) is 55.3 Å². The van der Waals surface area contributed by atoms with Gasteiger partial charge in [0.15, 0.2) is 0 Å². The molecule has 2 aromatic carbocycles. The quantitative estimate of drug-likeness (QED) is 0.794. The van der Waals surface area contributed by atoms with Gasteiger partial charge in [-0.3, -0.25) is 9.52 Å². The normalized spacial score (nSPS) is 19.5. The highest BCUT2D eigenvalue weighted by molar-refractivity contribution is 8.00. The topological polar surface area (TPSA) is 66.5 Å². The predicted octanol–water partition coefficient (Wildman–Crippen LogP) is 4.38. The molecule has 2 aliphatic rings. The Bertz CT molecular complexity index is 989. The summed E-state index contributed by atoms with van der Waals surface area (Å²) in [5.41, 5.74) is 1.13. The van der Waals surface area contributed by atoms with Gasteiger partial charge in [0.2, 0.25) is 5.91 Å². The van der Waals surface area contributed by atoms with Gasteiger partial charge in [0.25, 0.3) is 10.0 Å². The average Bonchev–Trinajstić information content (AvgIpc) is 3.47. The van der Waals surface area contributed by atoms with Gasteiger partial charge >= 0.3 is 0 Å². The zero-order valence-corrected chi connectivity index (χ0v) is 17.1. The Morgan fingerprint density at radius 3 is 2.56 bits per heavy atom. The molecule has 2 aromatic rings. The summed E-state index contributed by atoms with van der Waals surface area (Å²) in [6, 6.07) is 11.5. The van der Waals surface area contributed by atoms with Crippen LogP contribution in [0, 0.1) is 5.92 Å². The second-order valence-electron chi connectivity index (χ2n) is 6.89. The molecule has 1 amide bonds. The number of halogens is 1. The molecular weight excluding hydrogens is 404 g/mol. The van der Waals surface area contributed by atoms with E-state index in [0.717, 1.165) is 17.7 Å². The molecule has 1 N–H and O–H groups in total. The van der Waals surface area contributed by atoms with E-state index in [1.165, 1.54) is 0 Å². The van der Waals surface area contributed by atoms with Crippen molar-refractivity contribution in [3.8, 4) is 0 Å². The Morgan fingerprint density at radius 1 is 1.19 bits per heavy atom. The van der Waals surface area contributed by atoms with E-state index in [1.807, 2.05) is 0 Å². The maximum Gasteiger partial charge on any atom is 0.261 e. The number of hydrogen-bond donors (Lipinski definition) is 1. The number of anilines is 2. The predicted molar refractivity (Wildman–Crippen MR) is 109 cm³/mol. The largest absolute Gasteiger partial charge is 0.310 e. The summed E-state index contributed by atoms with van der Waals surface area (Å²) in [7, 11) is -3.77. The van der Waals surface area contributed by atoms with Crippen LogP contribution in [0.25, 0.3) is 0 Å². The zero-order valence-electron chi connectivity index (χ0n) is 14.7. The van der Waals surface area contributed by atoms with Crippen LogP contribution in [-0.2, 0) is 14.8 Å². The Hall–Kier alpha value is -1.70. The van der Waals surface area contributed by atoms with E-state index in [2.05, 4.69) is 11.6 Å². The number of nitrogens with zero attached hydrogens (tertiary/aromatic N) is 1. The molecule has 0 radical (unpaired) electrons. The first-order valence-corrected chi connectivity index (χ1v) is 11.5. The Kier molecular flexibility index (Phi) is 4.86. The number of sulfonamides is 1. The van der Waals surface area contributed by atoms with E-state index in [1.54, 1.807) is 59.1 Å². The highest BCUT2D eigenvalue weighted by atomic mass is 35.5. The van der Waals surface area contributed by atoms with Gasteiger partial charge in [0, 0.05) is 33.3 Å². The molecule has 0 spiro atoms. The molecular formula is C19H19ClN2O3S2. The second kappa shape index (κ2) is 7.04. The van der Waals surface area contributed by atoms with Crippen molar-refractivity contribution in [3.63, 3.8) is 0 Å². The molecule has 0 saturated heterocycles. The minimum absolute atomic E-state index is 0.0839. The number of fused-ring (bicyclic) bond motifs is 1. The summed E-state index contributed by atoms with van der Waals surface area (Å²) in [4.78, 5) is 15.5. The van der Waals surface area contributed by atoms with Gasteiger partial charge in [-0.1, -0.05) is 18.5 Å². The van der Waals surface area contributed by atoms with E-state index in [9.17, 15) is 13.2 Å². The minimum Gasteiger partial charge on any atom is -0.310 e. The van der Waals surface area contributed by atoms with Crippen LogP contribution in [0.4, 0.5) is 11.4 Å². The molecule has 1 fully saturated rings. The molecule has 0 aromatic heterocycles. The molecule has 1 aliphatic carbocycles. The van der Waals surface area contributed by atoms with Crippen LogP contribution in [0.3, 0.4) is 0 Å². The smallest absolute Gasteiger partial charge is 0.261 e. The molecule has 1 atom stereocenters. The molecule has 0 unspecified atom stereocenters. The minimum atomic E-state index is -3.77. The third kappa shape index (κ3) is 3.95. The van der Waals surface area contributed by atoms with Gasteiger partial charge in [-0.25, -0.2) is 8.42 Å². The van der Waals surface area contributed by atoms with Crippen LogP contribution < -0.4 is 9.62 Å². The summed E-state index contributed by atoms with van der Waals surface area (Å²) in [5.74, 6) is 0.184. The summed E-state index contributed by atoms with van der Waals surface area (Å²) in [6.45, 7) is 2.68. The Balaban J connectivity index is 1.67. The van der Waals surface area contributed by atoms with Crippen molar-refractivity contribution in [2.45, 2.75) is 34.8 Å². The summed E-state index contributed by atoms with van der Waals surface area (Å²) in [6.07, 6.45) is 1.84. The third-order valence-electron chi connectivity index (χ3n) is 4.59. The number of benzene rings is 2. The fourth-order valence-corrected chi connectivity index (χ4v) is 5.37. The van der Waals surface area contributed by atoms with Crippen LogP contribution >= 0.6 is 23.4 Å². The SMILES string of the molecule is C[C@H]1CN(C(=O)C2CC2)c2cc(S(=O)(=O)Nc3ccc(Cl)cc3)ccc2S1. The molecule has 1 heterocycles. The first-order valence-electron chi connectivity index (χ1n) is 8.74. The standard InChI is InChI=1S/C19H19ClN2O3S2/c1-12-11-22(19(23)13-2-3-13)17-10-16(8-9-18(17)26-12)27(24,25)21-15-6-4-14(20)5-7-15/h4-10,12-13,21H,2-3,11H2,1H3/t12-/m0/s1. The Morgan fingerprint density at radius 2 is 1.89 bits per heavy atom. The number of carbonyl (C=O) groups excluding carboxylic acids is 1. The molecule has 5 nitrogen and oxygen atoms in total. The first-order chi connectivity index (χ1) is 12.8. The maximum absolute atomic E-state index is 12.8. The highest BCUT2D eigenvalue weighted by Crippen LogP contribution is 2.42. The van der Waals surface area contributed by atoms with Crippen molar-refractivity contribution in [1.29, 1.82) is 0 Å². The van der Waals surface area contributed by atoms with Crippen molar-refractivity contribution in [1.82, 2.24) is 0 Å². The van der Waals surface area contributed by atoms with Crippen LogP contribution in [0.2, 0.25) is 5.02 Å². The van der Waals surface area contributed by atoms with E-state index in [0.29, 0.717) is 22.9 Å². The monoisotopic (exact) mass is 422 g/mol. The van der Waals surface area contributed by atoms with Gasteiger partial charge < -0.3 is 4.90 Å². The molecule has 142 valence electrons. The Labute approximate surface area is 168 Å². The van der Waals surface area contributed by atoms with Crippen LogP contribution in [0.1, 0.15) is 19.8 Å². The van der Waals surface area contributed by atoms with Crippen molar-refractivity contribution in [2.24, 2.45) is 5.92 Å². The molecule has 27 heavy (non-hydrogen) atoms. The van der Waals surface area contributed by atoms with Crippen molar-refractivity contribution in [3.05, 3.63) is 47.5 Å².